The van der Waals surface area contributed by atoms with Crippen LogP contribution in [0.4, 0.5) is 0 Å². The van der Waals surface area contributed by atoms with Gasteiger partial charge in [-0.25, -0.2) is 4.98 Å². The fraction of sp³-hybridized carbons (Fsp3) is 0.360. The van der Waals surface area contributed by atoms with E-state index in [0.717, 1.165) is 33.3 Å². The van der Waals surface area contributed by atoms with Crippen molar-refractivity contribution in [3.63, 3.8) is 0 Å². The second-order valence-electron chi connectivity index (χ2n) is 17.1. The van der Waals surface area contributed by atoms with Gasteiger partial charge in [-0.05, 0) is 119 Å². The van der Waals surface area contributed by atoms with E-state index in [2.05, 4.69) is 118 Å². The smallest absolute Gasteiger partial charge is 0.509 e. The molecule has 0 unspecified atom stereocenters. The van der Waals surface area contributed by atoms with Crippen LogP contribution >= 0.6 is 0 Å². The molecule has 2 fully saturated rings. The van der Waals surface area contributed by atoms with Gasteiger partial charge >= 0.3 is 21.1 Å². The molecule has 288 valence electrons. The van der Waals surface area contributed by atoms with Gasteiger partial charge in [-0.2, -0.15) is 17.2 Å². The third-order valence-corrected chi connectivity index (χ3v) is 12.3. The van der Waals surface area contributed by atoms with Crippen molar-refractivity contribution in [2.24, 2.45) is 0 Å². The summed E-state index contributed by atoms with van der Waals surface area (Å²) >= 11 is 0. The number of aryl methyl sites for hydroxylation is 2. The molecule has 7 aromatic rings. The molecule has 0 bridgehead atoms. The van der Waals surface area contributed by atoms with Gasteiger partial charge < -0.3 is 9.30 Å². The summed E-state index contributed by atoms with van der Waals surface area (Å²) in [5, 5.41) is 7.26. The molecule has 4 aromatic carbocycles. The van der Waals surface area contributed by atoms with E-state index >= 15 is 0 Å². The summed E-state index contributed by atoms with van der Waals surface area (Å²) in [6, 6.07) is 32.6. The van der Waals surface area contributed by atoms with Gasteiger partial charge in [0.05, 0.1) is 6.20 Å². The molecule has 3 heterocycles. The molecular weight excluding hydrogens is 868 g/mol. The fourth-order valence-corrected chi connectivity index (χ4v) is 9.68. The Labute approximate surface area is 346 Å². The number of ether oxygens (including phenoxy) is 1. The van der Waals surface area contributed by atoms with Crippen molar-refractivity contribution in [2.45, 2.75) is 116 Å². The van der Waals surface area contributed by atoms with Gasteiger partial charge in [0.15, 0.2) is 0 Å². The van der Waals surface area contributed by atoms with Gasteiger partial charge in [-0.15, -0.1) is 35.7 Å². The third-order valence-electron chi connectivity index (χ3n) is 12.3. The molecule has 0 atom stereocenters. The second-order valence-corrected chi connectivity index (χ2v) is 17.1. The number of hydrogen-bond donors (Lipinski definition) is 0. The molecule has 0 radical (unpaired) electrons. The predicted octanol–water partition coefficient (Wildman–Crippen LogP) is 13.4. The molecule has 0 aliphatic heterocycles. The number of rotatable bonds is 7. The van der Waals surface area contributed by atoms with Crippen molar-refractivity contribution >= 4 is 21.8 Å². The van der Waals surface area contributed by atoms with Crippen molar-refractivity contribution in [1.29, 1.82) is 0 Å². The van der Waals surface area contributed by atoms with Crippen LogP contribution in [0.3, 0.4) is 0 Å². The largest absolute Gasteiger partial charge is 2.00 e. The summed E-state index contributed by atoms with van der Waals surface area (Å²) in [6.45, 7) is 11.4. The Kier molecular flexibility index (Phi) is 10.8. The number of benzene rings is 4. The summed E-state index contributed by atoms with van der Waals surface area (Å²) in [4.78, 5) is 4.84. The number of aromatic nitrogens is 4. The summed E-state index contributed by atoms with van der Waals surface area (Å²) in [7, 11) is 0. The maximum atomic E-state index is 6.55. The first-order valence-corrected chi connectivity index (χ1v) is 20.5. The van der Waals surface area contributed by atoms with Crippen LogP contribution in [0, 0.1) is 26.0 Å². The van der Waals surface area contributed by atoms with E-state index in [1.165, 1.54) is 92.0 Å². The van der Waals surface area contributed by atoms with E-state index in [0.29, 0.717) is 23.3 Å². The Balaban J connectivity index is 0.00000441. The van der Waals surface area contributed by atoms with E-state index in [9.17, 15) is 0 Å². The molecule has 56 heavy (non-hydrogen) atoms. The van der Waals surface area contributed by atoms with Crippen molar-refractivity contribution in [1.82, 2.24) is 19.3 Å². The zero-order chi connectivity index (χ0) is 37.7. The van der Waals surface area contributed by atoms with Crippen LogP contribution in [0.1, 0.15) is 125 Å². The minimum absolute atomic E-state index is 0. The van der Waals surface area contributed by atoms with Crippen LogP contribution in [-0.2, 0) is 26.5 Å². The van der Waals surface area contributed by atoms with Crippen LogP contribution in [0.15, 0.2) is 91.4 Å². The van der Waals surface area contributed by atoms with E-state index in [4.69, 9.17) is 14.8 Å². The molecule has 2 aliphatic rings. The van der Waals surface area contributed by atoms with Gasteiger partial charge in [-0.1, -0.05) is 89.1 Å². The molecular formula is C50H52N4OPt. The van der Waals surface area contributed by atoms with Gasteiger partial charge in [0.2, 0.25) is 0 Å². The third kappa shape index (κ3) is 7.29. The Bertz CT molecular complexity index is 2470. The molecule has 0 N–H and O–H groups in total. The number of pyridine rings is 1. The maximum absolute atomic E-state index is 6.55. The number of hydrogen-bond acceptors (Lipinski definition) is 3. The van der Waals surface area contributed by atoms with Gasteiger partial charge in [-0.3, -0.25) is 4.68 Å². The van der Waals surface area contributed by atoms with Crippen LogP contribution < -0.4 is 4.74 Å². The monoisotopic (exact) mass is 919 g/mol. The SMILES string of the molecule is Cc1cc(C)c(C2CCCCC2)c(-c2cnn(-c3[c-]c(Oc4[c-]c5c(cc4)c4ccccc4n5-c4cc(C(C)(C)C)ccn4)ccc3)c2)c1C1CCCCC1.[Pt+2]. The minimum Gasteiger partial charge on any atom is -0.509 e. The van der Waals surface area contributed by atoms with E-state index in [-0.39, 0.29) is 26.5 Å². The molecule has 2 aliphatic carbocycles. The molecule has 5 nitrogen and oxygen atoms in total. The van der Waals surface area contributed by atoms with E-state index in [1.807, 2.05) is 29.1 Å². The van der Waals surface area contributed by atoms with Crippen molar-refractivity contribution in [2.75, 3.05) is 0 Å². The fourth-order valence-electron chi connectivity index (χ4n) is 9.68. The normalized spacial score (nSPS) is 15.7. The van der Waals surface area contributed by atoms with Gasteiger partial charge in [0.25, 0.3) is 0 Å². The predicted molar refractivity (Wildman–Crippen MR) is 225 cm³/mol. The van der Waals surface area contributed by atoms with Crippen LogP contribution in [0.25, 0.3) is 44.4 Å². The first kappa shape index (κ1) is 38.4. The van der Waals surface area contributed by atoms with Gasteiger partial charge in [0.1, 0.15) is 5.82 Å². The Hall–Kier alpha value is -4.47. The molecule has 3 aromatic heterocycles. The Morgan fingerprint density at radius 1 is 0.714 bits per heavy atom. The zero-order valence-corrected chi connectivity index (χ0v) is 35.7. The number of para-hydroxylation sites is 1. The first-order chi connectivity index (χ1) is 26.7. The topological polar surface area (TPSA) is 44.9 Å². The first-order valence-electron chi connectivity index (χ1n) is 20.5. The van der Waals surface area contributed by atoms with Crippen molar-refractivity contribution in [3.05, 3.63) is 131 Å². The summed E-state index contributed by atoms with van der Waals surface area (Å²) in [5.74, 6) is 3.35. The molecule has 0 saturated heterocycles. The molecule has 2 saturated carbocycles. The standard InChI is InChI=1S/C50H52N4O.Pt/c1-33-27-34(2)48(36-17-10-7-11-18-36)49(47(33)35-15-8-6-9-16-35)37-31-52-53(32-37)39-19-14-20-40(29-39)55-41-23-24-43-42-21-12-13-22-44(42)54(45(43)30-41)46-28-38(25-26-51-46)50(3,4)5;/h12-14,19-28,31-32,35-36H,6-11,15-18H2,1-5H3;/q-2;+2. The minimum atomic E-state index is -0.00103. The number of nitrogens with zero attached hydrogens (tertiary/aromatic N) is 4. The van der Waals surface area contributed by atoms with Crippen molar-refractivity contribution in [3.8, 4) is 34.1 Å². The molecule has 0 amide bonds. The van der Waals surface area contributed by atoms with Crippen LogP contribution in [-0.4, -0.2) is 19.3 Å². The molecule has 0 spiro atoms. The summed E-state index contributed by atoms with van der Waals surface area (Å²) < 4.78 is 10.7. The van der Waals surface area contributed by atoms with Gasteiger partial charge in [0, 0.05) is 35.0 Å². The zero-order valence-electron chi connectivity index (χ0n) is 33.4. The van der Waals surface area contributed by atoms with E-state index < -0.39 is 0 Å². The summed E-state index contributed by atoms with van der Waals surface area (Å²) in [5.41, 5.74) is 12.8. The Morgan fingerprint density at radius 3 is 2.09 bits per heavy atom. The Morgan fingerprint density at radius 2 is 1.39 bits per heavy atom. The second kappa shape index (κ2) is 15.8. The summed E-state index contributed by atoms with van der Waals surface area (Å²) in [6.07, 6.45) is 19.4. The van der Waals surface area contributed by atoms with Crippen LogP contribution in [0.2, 0.25) is 0 Å². The average molecular weight is 920 g/mol. The number of fused-ring (bicyclic) bond motifs is 3. The van der Waals surface area contributed by atoms with Crippen LogP contribution in [0.5, 0.6) is 11.5 Å². The quantitative estimate of drug-likeness (QED) is 0.150. The molecule has 9 rings (SSSR count). The molecule has 6 heteroatoms. The van der Waals surface area contributed by atoms with E-state index in [1.54, 1.807) is 11.1 Å². The average Bonchev–Trinajstić information content (AvgIpc) is 3.82. The maximum Gasteiger partial charge on any atom is 2.00 e. The van der Waals surface area contributed by atoms with Crippen molar-refractivity contribution < 1.29 is 25.8 Å².